The molecule has 0 spiro atoms. The van der Waals surface area contributed by atoms with Crippen LogP contribution in [0.3, 0.4) is 0 Å². The van der Waals surface area contributed by atoms with E-state index in [1.54, 1.807) is 0 Å². The van der Waals surface area contributed by atoms with Gasteiger partial charge in [-0.1, -0.05) is 39.0 Å². The van der Waals surface area contributed by atoms with Crippen molar-refractivity contribution in [1.82, 2.24) is 0 Å². The number of allylic oxidation sites excluding steroid dienone is 1. The van der Waals surface area contributed by atoms with E-state index < -0.39 is 64.4 Å². The summed E-state index contributed by atoms with van der Waals surface area (Å²) in [6, 6.07) is 1.89. The van der Waals surface area contributed by atoms with E-state index in [1.807, 2.05) is 0 Å². The Balaban J connectivity index is 1.34. The fourth-order valence-corrected chi connectivity index (χ4v) is 6.56. The molecule has 42 heavy (non-hydrogen) atoms. The molecule has 0 bridgehead atoms. The standard InChI is InChI=1S/C32H35F9O/c1-2-19-3-7-21(8-4-19)22-9-5-20(6-10-22)11-14-32(40,41)42-24-17-28(35)30(29(36)18-24)23-15-26(33)25(27(34)16-23)12-13-31(37,38)39/h12-13,15-22H,2-11,14H2,1H3. The molecule has 2 fully saturated rings. The van der Waals surface area contributed by atoms with Crippen LogP contribution in [-0.4, -0.2) is 12.3 Å². The smallest absolute Gasteiger partial charge is 0.409 e. The summed E-state index contributed by atoms with van der Waals surface area (Å²) in [4.78, 5) is 0. The van der Waals surface area contributed by atoms with E-state index in [1.165, 1.54) is 32.1 Å². The predicted molar refractivity (Wildman–Crippen MR) is 143 cm³/mol. The highest BCUT2D eigenvalue weighted by atomic mass is 19.4. The van der Waals surface area contributed by atoms with Crippen LogP contribution in [0.15, 0.2) is 30.3 Å². The zero-order valence-electron chi connectivity index (χ0n) is 23.4. The number of halogens is 9. The van der Waals surface area contributed by atoms with Crippen LogP contribution in [0.5, 0.6) is 5.75 Å². The van der Waals surface area contributed by atoms with E-state index in [0.29, 0.717) is 30.2 Å². The van der Waals surface area contributed by atoms with Crippen molar-refractivity contribution in [3.8, 4) is 16.9 Å². The third-order valence-electron chi connectivity index (χ3n) is 8.96. The van der Waals surface area contributed by atoms with Crippen LogP contribution >= 0.6 is 0 Å². The molecule has 0 aliphatic heterocycles. The number of hydrogen-bond acceptors (Lipinski definition) is 1. The van der Waals surface area contributed by atoms with E-state index in [9.17, 15) is 39.5 Å². The van der Waals surface area contributed by atoms with E-state index in [-0.39, 0.29) is 24.5 Å². The number of ether oxygens (including phenoxy) is 1. The van der Waals surface area contributed by atoms with Gasteiger partial charge in [-0.05, 0) is 79.5 Å². The highest BCUT2D eigenvalue weighted by Gasteiger charge is 2.35. The Morgan fingerprint density at radius 2 is 1.21 bits per heavy atom. The molecular formula is C32H35F9O. The van der Waals surface area contributed by atoms with Crippen LogP contribution in [0.4, 0.5) is 39.5 Å². The molecule has 1 nitrogen and oxygen atoms in total. The summed E-state index contributed by atoms with van der Waals surface area (Å²) < 4.78 is 129. The third kappa shape index (κ3) is 8.47. The summed E-state index contributed by atoms with van der Waals surface area (Å²) in [5.74, 6) is -4.31. The number of benzene rings is 2. The second-order valence-electron chi connectivity index (χ2n) is 11.7. The molecule has 0 aromatic heterocycles. The monoisotopic (exact) mass is 606 g/mol. The minimum atomic E-state index is -4.83. The van der Waals surface area contributed by atoms with Gasteiger partial charge < -0.3 is 4.74 Å². The minimum Gasteiger partial charge on any atom is -0.432 e. The van der Waals surface area contributed by atoms with Crippen LogP contribution in [-0.2, 0) is 0 Å². The number of alkyl halides is 5. The molecule has 2 aromatic carbocycles. The highest BCUT2D eigenvalue weighted by Crippen LogP contribution is 2.43. The lowest BCUT2D eigenvalue weighted by molar-refractivity contribution is -0.183. The van der Waals surface area contributed by atoms with Gasteiger partial charge in [-0.2, -0.15) is 22.0 Å². The fraction of sp³-hybridized carbons (Fsp3) is 0.562. The largest absolute Gasteiger partial charge is 0.432 e. The fourth-order valence-electron chi connectivity index (χ4n) is 6.56. The second kappa shape index (κ2) is 13.3. The Bertz CT molecular complexity index is 1190. The van der Waals surface area contributed by atoms with Gasteiger partial charge in [0.1, 0.15) is 29.0 Å². The molecule has 2 aromatic rings. The Hall–Kier alpha value is -2.65. The topological polar surface area (TPSA) is 9.23 Å². The molecule has 0 unspecified atom stereocenters. The average molecular weight is 607 g/mol. The quantitative estimate of drug-likeness (QED) is 0.258. The lowest BCUT2D eigenvalue weighted by atomic mass is 9.68. The van der Waals surface area contributed by atoms with Crippen molar-refractivity contribution in [2.75, 3.05) is 0 Å². The van der Waals surface area contributed by atoms with Gasteiger partial charge in [0.2, 0.25) is 0 Å². The van der Waals surface area contributed by atoms with Crippen molar-refractivity contribution in [1.29, 1.82) is 0 Å². The van der Waals surface area contributed by atoms with Gasteiger partial charge in [0.25, 0.3) is 0 Å². The molecule has 0 atom stereocenters. The van der Waals surface area contributed by atoms with Crippen molar-refractivity contribution in [2.45, 2.75) is 89.8 Å². The maximum Gasteiger partial charge on any atom is 0.409 e. The molecule has 4 rings (SSSR count). The highest BCUT2D eigenvalue weighted by molar-refractivity contribution is 5.68. The molecule has 2 aliphatic carbocycles. The van der Waals surface area contributed by atoms with Crippen molar-refractivity contribution in [2.24, 2.45) is 23.7 Å². The second-order valence-corrected chi connectivity index (χ2v) is 11.7. The van der Waals surface area contributed by atoms with Gasteiger partial charge in [0.05, 0.1) is 12.0 Å². The molecule has 232 valence electrons. The van der Waals surface area contributed by atoms with Crippen molar-refractivity contribution >= 4 is 6.08 Å². The van der Waals surface area contributed by atoms with Gasteiger partial charge in [0, 0.05) is 23.8 Å². The summed E-state index contributed by atoms with van der Waals surface area (Å²) in [6.45, 7) is 2.23. The van der Waals surface area contributed by atoms with Crippen LogP contribution in [0.25, 0.3) is 17.2 Å². The maximum absolute atomic E-state index is 14.8. The zero-order valence-corrected chi connectivity index (χ0v) is 23.4. The van der Waals surface area contributed by atoms with Gasteiger partial charge in [-0.3, -0.25) is 0 Å². The SMILES string of the molecule is CCC1CCC(C2CCC(CCC(F)(F)Oc3cc(F)c(-c4cc(F)c(C=CC(F)(F)F)c(F)c4)c(F)c3)CC2)CC1. The van der Waals surface area contributed by atoms with Crippen LogP contribution in [0, 0.1) is 46.9 Å². The summed E-state index contributed by atoms with van der Waals surface area (Å²) in [6.07, 6.45) is 0.879. The first-order valence-electron chi connectivity index (χ1n) is 14.6. The Morgan fingerprint density at radius 1 is 0.714 bits per heavy atom. The minimum absolute atomic E-state index is 0.122. The van der Waals surface area contributed by atoms with Crippen molar-refractivity contribution in [3.05, 3.63) is 59.2 Å². The summed E-state index contributed by atoms with van der Waals surface area (Å²) in [7, 11) is 0. The van der Waals surface area contributed by atoms with Crippen LogP contribution < -0.4 is 4.74 Å². The van der Waals surface area contributed by atoms with Crippen LogP contribution in [0.2, 0.25) is 0 Å². The van der Waals surface area contributed by atoms with E-state index in [0.717, 1.165) is 37.5 Å². The Labute approximate surface area is 240 Å². The normalized spacial score (nSPS) is 23.9. The van der Waals surface area contributed by atoms with Gasteiger partial charge >= 0.3 is 12.3 Å². The van der Waals surface area contributed by atoms with Crippen molar-refractivity contribution < 1.29 is 44.3 Å². The van der Waals surface area contributed by atoms with E-state index >= 15 is 0 Å². The molecule has 2 aliphatic rings. The average Bonchev–Trinajstić information content (AvgIpc) is 2.90. The summed E-state index contributed by atoms with van der Waals surface area (Å²) in [5.41, 5.74) is -2.64. The molecule has 0 saturated heterocycles. The van der Waals surface area contributed by atoms with Gasteiger partial charge in [0.15, 0.2) is 0 Å². The Morgan fingerprint density at radius 3 is 1.69 bits per heavy atom. The summed E-state index contributed by atoms with van der Waals surface area (Å²) >= 11 is 0. The predicted octanol–water partition coefficient (Wildman–Crippen LogP) is 11.3. The van der Waals surface area contributed by atoms with Crippen molar-refractivity contribution in [3.63, 3.8) is 0 Å². The summed E-state index contributed by atoms with van der Waals surface area (Å²) in [5, 5.41) is 0. The van der Waals surface area contributed by atoms with E-state index in [2.05, 4.69) is 11.7 Å². The molecule has 0 N–H and O–H groups in total. The lowest BCUT2D eigenvalue weighted by Gasteiger charge is -2.38. The van der Waals surface area contributed by atoms with Gasteiger partial charge in [-0.25, -0.2) is 17.6 Å². The van der Waals surface area contributed by atoms with Gasteiger partial charge in [-0.15, -0.1) is 0 Å². The Kier molecular flexibility index (Phi) is 10.2. The first-order chi connectivity index (χ1) is 19.7. The molecule has 2 saturated carbocycles. The molecule has 0 amide bonds. The maximum atomic E-state index is 14.8. The first-order valence-corrected chi connectivity index (χ1v) is 14.6. The van der Waals surface area contributed by atoms with E-state index in [4.69, 9.17) is 0 Å². The molecular weight excluding hydrogens is 571 g/mol. The number of hydrogen-bond donors (Lipinski definition) is 0. The molecule has 10 heteroatoms. The third-order valence-corrected chi connectivity index (χ3v) is 8.96. The van der Waals surface area contributed by atoms with Crippen LogP contribution in [0.1, 0.15) is 83.1 Å². The molecule has 0 radical (unpaired) electrons. The lowest BCUT2D eigenvalue weighted by Crippen LogP contribution is -2.28. The molecule has 0 heterocycles. The number of rotatable bonds is 9. The zero-order chi connectivity index (χ0) is 30.7. The first kappa shape index (κ1) is 32.3.